The van der Waals surface area contributed by atoms with E-state index in [4.69, 9.17) is 0 Å². The van der Waals surface area contributed by atoms with E-state index in [1.54, 1.807) is 19.1 Å². The van der Waals surface area contributed by atoms with Gasteiger partial charge < -0.3 is 5.32 Å². The van der Waals surface area contributed by atoms with Crippen LogP contribution in [0.3, 0.4) is 0 Å². The van der Waals surface area contributed by atoms with E-state index >= 15 is 0 Å². The van der Waals surface area contributed by atoms with E-state index in [0.29, 0.717) is 25.3 Å². The van der Waals surface area contributed by atoms with Crippen molar-refractivity contribution in [1.82, 2.24) is 14.1 Å². The van der Waals surface area contributed by atoms with E-state index in [2.05, 4.69) is 10.4 Å². The molecule has 1 aliphatic heterocycles. The van der Waals surface area contributed by atoms with Crippen LogP contribution in [0.25, 0.3) is 0 Å². The summed E-state index contributed by atoms with van der Waals surface area (Å²) in [7, 11) is -3.60. The molecule has 0 atom stereocenters. The van der Waals surface area contributed by atoms with Crippen LogP contribution in [-0.4, -0.2) is 41.5 Å². The molecule has 1 amide bonds. The van der Waals surface area contributed by atoms with E-state index < -0.39 is 15.9 Å². The number of amides is 1. The Bertz CT molecular complexity index is 1070. The van der Waals surface area contributed by atoms with Gasteiger partial charge in [0.1, 0.15) is 5.69 Å². The number of carbonyl (C=O) groups excluding carboxylic acids is 1. The number of sulfonamides is 1. The smallest absolute Gasteiger partial charge is 0.276 e. The van der Waals surface area contributed by atoms with Gasteiger partial charge in [0.2, 0.25) is 10.0 Å². The lowest BCUT2D eigenvalue weighted by atomic mass is 10.2. The summed E-state index contributed by atoms with van der Waals surface area (Å²) in [4.78, 5) is 24.8. The summed E-state index contributed by atoms with van der Waals surface area (Å²) in [5.41, 5.74) is 0.992. The number of rotatable bonds is 7. The first-order chi connectivity index (χ1) is 14.3. The molecule has 1 aromatic heterocycles. The van der Waals surface area contributed by atoms with Crippen LogP contribution >= 0.6 is 0 Å². The largest absolute Gasteiger partial charge is 0.320 e. The Kier molecular flexibility index (Phi) is 7.04. The molecule has 0 saturated carbocycles. The molecule has 0 bridgehead atoms. The van der Waals surface area contributed by atoms with Crippen LogP contribution < -0.4 is 10.9 Å². The molecule has 162 valence electrons. The van der Waals surface area contributed by atoms with E-state index in [9.17, 15) is 18.0 Å². The van der Waals surface area contributed by atoms with Crippen molar-refractivity contribution in [3.63, 3.8) is 0 Å². The van der Waals surface area contributed by atoms with Crippen LogP contribution in [-0.2, 0) is 16.6 Å². The molecule has 2 aromatic rings. The second-order valence-electron chi connectivity index (χ2n) is 7.53. The number of nitrogens with one attached hydrogen (secondary N) is 1. The van der Waals surface area contributed by atoms with Crippen molar-refractivity contribution in [3.8, 4) is 0 Å². The number of aromatic nitrogens is 2. The molecule has 9 heteroatoms. The van der Waals surface area contributed by atoms with Gasteiger partial charge in [0.15, 0.2) is 0 Å². The van der Waals surface area contributed by atoms with Gasteiger partial charge in [-0.2, -0.15) is 9.40 Å². The fraction of sp³-hybridized carbons (Fsp3) is 0.476. The molecule has 1 saturated heterocycles. The highest BCUT2D eigenvalue weighted by Gasteiger charge is 2.26. The van der Waals surface area contributed by atoms with Crippen molar-refractivity contribution >= 4 is 21.6 Å². The molecule has 1 aromatic carbocycles. The van der Waals surface area contributed by atoms with Gasteiger partial charge in [-0.25, -0.2) is 13.1 Å². The molecule has 1 fully saturated rings. The molecule has 1 aliphatic rings. The van der Waals surface area contributed by atoms with Crippen LogP contribution in [0.5, 0.6) is 0 Å². The Morgan fingerprint density at radius 3 is 2.57 bits per heavy atom. The fourth-order valence-corrected chi connectivity index (χ4v) is 4.92. The SMILES string of the molecule is CCCCn1nc(C(=O)Nc2cc(S(=O)(=O)N3CCCCC3)ccc2C)ccc1=O. The fourth-order valence-electron chi connectivity index (χ4n) is 3.38. The predicted octanol–water partition coefficient (Wildman–Crippen LogP) is 2.78. The monoisotopic (exact) mass is 432 g/mol. The van der Waals surface area contributed by atoms with E-state index in [1.807, 2.05) is 6.92 Å². The van der Waals surface area contributed by atoms with E-state index in [-0.39, 0.29) is 16.1 Å². The molecule has 0 spiro atoms. The van der Waals surface area contributed by atoms with Gasteiger partial charge in [0.05, 0.1) is 4.90 Å². The van der Waals surface area contributed by atoms with Gasteiger partial charge in [-0.15, -0.1) is 0 Å². The van der Waals surface area contributed by atoms with Crippen molar-refractivity contribution < 1.29 is 13.2 Å². The zero-order valence-corrected chi connectivity index (χ0v) is 18.2. The summed E-state index contributed by atoms with van der Waals surface area (Å²) < 4.78 is 28.7. The number of unbranched alkanes of at least 4 members (excludes halogenated alkanes) is 1. The van der Waals surface area contributed by atoms with Crippen molar-refractivity contribution in [1.29, 1.82) is 0 Å². The molecule has 0 aliphatic carbocycles. The number of carbonyl (C=O) groups is 1. The first kappa shape index (κ1) is 22.2. The first-order valence-corrected chi connectivity index (χ1v) is 11.8. The van der Waals surface area contributed by atoms with Gasteiger partial charge in [-0.1, -0.05) is 25.8 Å². The van der Waals surface area contributed by atoms with Crippen LogP contribution in [0.15, 0.2) is 40.0 Å². The molecule has 8 nitrogen and oxygen atoms in total. The second kappa shape index (κ2) is 9.53. The predicted molar refractivity (Wildman–Crippen MR) is 115 cm³/mol. The summed E-state index contributed by atoms with van der Waals surface area (Å²) in [5, 5.41) is 6.89. The maximum Gasteiger partial charge on any atom is 0.276 e. The highest BCUT2D eigenvalue weighted by Crippen LogP contribution is 2.25. The average molecular weight is 433 g/mol. The summed E-state index contributed by atoms with van der Waals surface area (Å²) in [6.07, 6.45) is 4.44. The van der Waals surface area contributed by atoms with E-state index in [1.165, 1.54) is 27.2 Å². The lowest BCUT2D eigenvalue weighted by molar-refractivity contribution is 0.101. The van der Waals surface area contributed by atoms with Gasteiger partial charge in [-0.3, -0.25) is 9.59 Å². The Balaban J connectivity index is 1.84. The third-order valence-electron chi connectivity index (χ3n) is 5.23. The lowest BCUT2D eigenvalue weighted by Gasteiger charge is -2.26. The molecule has 0 radical (unpaired) electrons. The third kappa shape index (κ3) is 4.96. The molecule has 2 heterocycles. The van der Waals surface area contributed by atoms with Gasteiger partial charge in [0.25, 0.3) is 11.5 Å². The number of hydrogen-bond donors (Lipinski definition) is 1. The van der Waals surface area contributed by atoms with Crippen LogP contribution in [0, 0.1) is 6.92 Å². The van der Waals surface area contributed by atoms with Crippen molar-refractivity contribution in [2.75, 3.05) is 18.4 Å². The molecule has 0 unspecified atom stereocenters. The maximum absolute atomic E-state index is 13.0. The van der Waals surface area contributed by atoms with Crippen LogP contribution in [0.1, 0.15) is 55.1 Å². The number of nitrogens with zero attached hydrogens (tertiary/aromatic N) is 3. The number of aryl methyl sites for hydroxylation is 2. The summed E-state index contributed by atoms with van der Waals surface area (Å²) in [6, 6.07) is 7.44. The molecule has 1 N–H and O–H groups in total. The zero-order valence-electron chi connectivity index (χ0n) is 17.4. The Morgan fingerprint density at radius 1 is 1.13 bits per heavy atom. The Hall–Kier alpha value is -2.52. The lowest BCUT2D eigenvalue weighted by Crippen LogP contribution is -2.35. The van der Waals surface area contributed by atoms with Crippen LogP contribution in [0.2, 0.25) is 0 Å². The first-order valence-electron chi connectivity index (χ1n) is 10.3. The minimum Gasteiger partial charge on any atom is -0.320 e. The highest BCUT2D eigenvalue weighted by atomic mass is 32.2. The minimum absolute atomic E-state index is 0.106. The van der Waals surface area contributed by atoms with Gasteiger partial charge >= 0.3 is 0 Å². The Morgan fingerprint density at radius 2 is 1.87 bits per heavy atom. The molecular formula is C21H28N4O4S. The molecular weight excluding hydrogens is 404 g/mol. The van der Waals surface area contributed by atoms with Crippen LogP contribution in [0.4, 0.5) is 5.69 Å². The van der Waals surface area contributed by atoms with Crippen molar-refractivity contribution in [2.45, 2.75) is 57.4 Å². The van der Waals surface area contributed by atoms with Gasteiger partial charge in [0, 0.05) is 31.4 Å². The summed E-state index contributed by atoms with van der Waals surface area (Å²) in [5.74, 6) is -0.490. The average Bonchev–Trinajstić information content (AvgIpc) is 2.75. The van der Waals surface area contributed by atoms with E-state index in [0.717, 1.165) is 37.7 Å². The minimum atomic E-state index is -3.60. The number of hydrogen-bond acceptors (Lipinski definition) is 5. The summed E-state index contributed by atoms with van der Waals surface area (Å²) in [6.45, 7) is 5.28. The normalized spacial score (nSPS) is 15.1. The standard InChI is InChI=1S/C21H28N4O4S/c1-3-4-14-25-20(26)11-10-18(23-25)21(27)22-19-15-17(9-8-16(19)2)30(28,29)24-12-6-5-7-13-24/h8-11,15H,3-7,12-14H2,1-2H3,(H,22,27). The molecule has 30 heavy (non-hydrogen) atoms. The number of piperidine rings is 1. The number of benzene rings is 1. The summed E-state index contributed by atoms with van der Waals surface area (Å²) >= 11 is 0. The van der Waals surface area contributed by atoms with Crippen molar-refractivity contribution in [2.24, 2.45) is 0 Å². The molecule has 3 rings (SSSR count). The third-order valence-corrected chi connectivity index (χ3v) is 7.13. The zero-order chi connectivity index (χ0) is 21.7. The quantitative estimate of drug-likeness (QED) is 0.725. The second-order valence-corrected chi connectivity index (χ2v) is 9.47. The number of anilines is 1. The Labute approximate surface area is 177 Å². The topological polar surface area (TPSA) is 101 Å². The van der Waals surface area contributed by atoms with Crippen molar-refractivity contribution in [3.05, 3.63) is 51.9 Å². The maximum atomic E-state index is 13.0. The van der Waals surface area contributed by atoms with Gasteiger partial charge in [-0.05, 0) is 49.9 Å². The highest BCUT2D eigenvalue weighted by molar-refractivity contribution is 7.89.